The molecule has 0 aliphatic carbocycles. The Morgan fingerprint density at radius 3 is 2.92 bits per heavy atom. The average molecular weight is 342 g/mol. The molecule has 8 heteroatoms. The molecule has 1 atom stereocenters. The van der Waals surface area contributed by atoms with Crippen LogP contribution in [-0.2, 0) is 0 Å². The van der Waals surface area contributed by atoms with Gasteiger partial charge in [0.15, 0.2) is 11.6 Å². The fourth-order valence-electron chi connectivity index (χ4n) is 2.71. The summed E-state index contributed by atoms with van der Waals surface area (Å²) in [5.41, 5.74) is 0. The van der Waals surface area contributed by atoms with E-state index in [0.717, 1.165) is 18.0 Å². The van der Waals surface area contributed by atoms with Crippen molar-refractivity contribution in [1.82, 2.24) is 19.9 Å². The normalized spacial score (nSPS) is 16.6. The van der Waals surface area contributed by atoms with Gasteiger partial charge in [-0.2, -0.15) is 0 Å². The van der Waals surface area contributed by atoms with Crippen LogP contribution in [0.1, 0.15) is 12.2 Å². The second-order valence-corrected chi connectivity index (χ2v) is 6.11. The lowest BCUT2D eigenvalue weighted by Crippen LogP contribution is -2.34. The second-order valence-electron chi connectivity index (χ2n) is 6.11. The van der Waals surface area contributed by atoms with E-state index in [4.69, 9.17) is 4.74 Å². The molecule has 3 heterocycles. The molecular weight excluding hydrogens is 320 g/mol. The lowest BCUT2D eigenvalue weighted by atomic mass is 10.3. The van der Waals surface area contributed by atoms with E-state index in [9.17, 15) is 4.79 Å². The highest BCUT2D eigenvalue weighted by Crippen LogP contribution is 2.26. The first-order valence-corrected chi connectivity index (χ1v) is 8.17. The monoisotopic (exact) mass is 342 g/mol. The van der Waals surface area contributed by atoms with Gasteiger partial charge in [0.2, 0.25) is 0 Å². The smallest absolute Gasteiger partial charge is 0.323 e. The summed E-state index contributed by atoms with van der Waals surface area (Å²) in [6, 6.07) is 5.24. The molecule has 1 saturated heterocycles. The summed E-state index contributed by atoms with van der Waals surface area (Å²) in [7, 11) is 3.85. The number of hydrogen-bond acceptors (Lipinski definition) is 6. The molecule has 0 aromatic carbocycles. The van der Waals surface area contributed by atoms with E-state index in [1.54, 1.807) is 30.3 Å². The second kappa shape index (κ2) is 7.33. The van der Waals surface area contributed by atoms with Gasteiger partial charge in [0.05, 0.1) is 6.54 Å². The van der Waals surface area contributed by atoms with E-state index in [-0.39, 0.29) is 12.1 Å². The zero-order valence-electron chi connectivity index (χ0n) is 14.6. The van der Waals surface area contributed by atoms with Gasteiger partial charge in [-0.05, 0) is 25.1 Å². The molecule has 1 N–H and O–H groups in total. The van der Waals surface area contributed by atoms with Crippen LogP contribution in [0.5, 0.6) is 5.75 Å². The van der Waals surface area contributed by atoms with E-state index in [1.165, 1.54) is 0 Å². The molecule has 0 radical (unpaired) electrons. The van der Waals surface area contributed by atoms with Gasteiger partial charge in [-0.25, -0.2) is 19.7 Å². The van der Waals surface area contributed by atoms with Crippen molar-refractivity contribution < 1.29 is 9.53 Å². The fourth-order valence-corrected chi connectivity index (χ4v) is 2.71. The number of pyridine rings is 1. The standard InChI is InChI=1S/C17H22N6O2/c1-12-18-9-6-15(20-12)21-17(24)23-10-7-13(11-23)25-14-5-4-8-19-16(14)22(2)3/h4-6,8-9,13H,7,10-11H2,1-3H3,(H,18,20,21,24). The Labute approximate surface area is 146 Å². The number of urea groups is 1. The summed E-state index contributed by atoms with van der Waals surface area (Å²) in [5.74, 6) is 2.63. The van der Waals surface area contributed by atoms with Gasteiger partial charge in [0.1, 0.15) is 17.7 Å². The Morgan fingerprint density at radius 1 is 1.32 bits per heavy atom. The molecule has 2 amide bonds. The lowest BCUT2D eigenvalue weighted by Gasteiger charge is -2.20. The van der Waals surface area contributed by atoms with E-state index in [0.29, 0.717) is 24.7 Å². The van der Waals surface area contributed by atoms with Crippen molar-refractivity contribution in [3.05, 3.63) is 36.4 Å². The number of anilines is 2. The highest BCUT2D eigenvalue weighted by atomic mass is 16.5. The Morgan fingerprint density at radius 2 is 2.16 bits per heavy atom. The maximum atomic E-state index is 12.4. The molecule has 2 aromatic rings. The predicted molar refractivity (Wildman–Crippen MR) is 95.0 cm³/mol. The first-order valence-electron chi connectivity index (χ1n) is 8.17. The van der Waals surface area contributed by atoms with Crippen LogP contribution in [0.4, 0.5) is 16.4 Å². The molecule has 3 rings (SSSR count). The summed E-state index contributed by atoms with van der Waals surface area (Å²) in [6.07, 6.45) is 4.08. The third-order valence-corrected chi connectivity index (χ3v) is 3.91. The first-order chi connectivity index (χ1) is 12.0. The maximum Gasteiger partial charge on any atom is 0.323 e. The third-order valence-electron chi connectivity index (χ3n) is 3.91. The largest absolute Gasteiger partial charge is 0.485 e. The van der Waals surface area contributed by atoms with E-state index in [1.807, 2.05) is 31.1 Å². The lowest BCUT2D eigenvalue weighted by molar-refractivity contribution is 0.195. The SMILES string of the molecule is Cc1nccc(NC(=O)N2CCC(Oc3cccnc3N(C)C)C2)n1. The van der Waals surface area contributed by atoms with Crippen molar-refractivity contribution in [3.63, 3.8) is 0 Å². The number of amides is 2. The van der Waals surface area contributed by atoms with Gasteiger partial charge in [0, 0.05) is 39.5 Å². The molecule has 0 spiro atoms. The Hall–Kier alpha value is -2.90. The third kappa shape index (κ3) is 4.14. The number of aryl methyl sites for hydroxylation is 1. The summed E-state index contributed by atoms with van der Waals surface area (Å²) in [5, 5.41) is 2.80. The minimum Gasteiger partial charge on any atom is -0.485 e. The van der Waals surface area contributed by atoms with Crippen molar-refractivity contribution in [3.8, 4) is 5.75 Å². The Kier molecular flexibility index (Phi) is 4.97. The van der Waals surface area contributed by atoms with Gasteiger partial charge < -0.3 is 14.5 Å². The number of carbonyl (C=O) groups is 1. The summed E-state index contributed by atoms with van der Waals surface area (Å²) >= 11 is 0. The van der Waals surface area contributed by atoms with Crippen LogP contribution in [0.2, 0.25) is 0 Å². The van der Waals surface area contributed by atoms with Crippen molar-refractivity contribution >= 4 is 17.7 Å². The van der Waals surface area contributed by atoms with Crippen LogP contribution in [0, 0.1) is 6.92 Å². The summed E-state index contributed by atoms with van der Waals surface area (Å²) in [4.78, 5) is 28.6. The number of nitrogens with zero attached hydrogens (tertiary/aromatic N) is 5. The van der Waals surface area contributed by atoms with Crippen LogP contribution in [0.25, 0.3) is 0 Å². The molecule has 0 saturated carbocycles. The number of aromatic nitrogens is 3. The highest BCUT2D eigenvalue weighted by molar-refractivity contribution is 5.88. The molecule has 0 bridgehead atoms. The van der Waals surface area contributed by atoms with E-state index < -0.39 is 0 Å². The van der Waals surface area contributed by atoms with Gasteiger partial charge in [0.25, 0.3) is 0 Å². The molecular formula is C17H22N6O2. The molecule has 1 unspecified atom stereocenters. The summed E-state index contributed by atoms with van der Waals surface area (Å²) in [6.45, 7) is 2.95. The Balaban J connectivity index is 1.59. The van der Waals surface area contributed by atoms with Crippen molar-refractivity contribution in [2.45, 2.75) is 19.4 Å². The first kappa shape index (κ1) is 16.9. The topological polar surface area (TPSA) is 83.5 Å². The average Bonchev–Trinajstić information content (AvgIpc) is 3.04. The quantitative estimate of drug-likeness (QED) is 0.914. The van der Waals surface area contributed by atoms with Crippen LogP contribution in [0.3, 0.4) is 0 Å². The van der Waals surface area contributed by atoms with Crippen LogP contribution >= 0.6 is 0 Å². The minimum atomic E-state index is -0.178. The van der Waals surface area contributed by atoms with E-state index >= 15 is 0 Å². The van der Waals surface area contributed by atoms with E-state index in [2.05, 4.69) is 20.3 Å². The zero-order chi connectivity index (χ0) is 17.8. The van der Waals surface area contributed by atoms with Crippen molar-refractivity contribution in [1.29, 1.82) is 0 Å². The summed E-state index contributed by atoms with van der Waals surface area (Å²) < 4.78 is 6.07. The van der Waals surface area contributed by atoms with Crippen LogP contribution in [-0.4, -0.2) is 59.2 Å². The van der Waals surface area contributed by atoms with Gasteiger partial charge in [-0.1, -0.05) is 0 Å². The fraction of sp³-hybridized carbons (Fsp3) is 0.412. The number of likely N-dealkylation sites (tertiary alicyclic amines) is 1. The minimum absolute atomic E-state index is 0.0548. The van der Waals surface area contributed by atoms with Crippen LogP contribution < -0.4 is 15.0 Å². The number of hydrogen-bond donors (Lipinski definition) is 1. The molecule has 2 aromatic heterocycles. The van der Waals surface area contributed by atoms with Gasteiger partial charge in [-0.15, -0.1) is 0 Å². The molecule has 132 valence electrons. The van der Waals surface area contributed by atoms with Crippen LogP contribution in [0.15, 0.2) is 30.6 Å². The predicted octanol–water partition coefficient (Wildman–Crippen LogP) is 1.93. The number of nitrogens with one attached hydrogen (secondary N) is 1. The number of carbonyl (C=O) groups excluding carboxylic acids is 1. The molecule has 1 fully saturated rings. The molecule has 25 heavy (non-hydrogen) atoms. The van der Waals surface area contributed by atoms with Gasteiger partial charge >= 0.3 is 6.03 Å². The Bertz CT molecular complexity index is 751. The van der Waals surface area contributed by atoms with Gasteiger partial charge in [-0.3, -0.25) is 5.32 Å². The molecule has 8 nitrogen and oxygen atoms in total. The number of rotatable bonds is 4. The molecule has 1 aliphatic rings. The highest BCUT2D eigenvalue weighted by Gasteiger charge is 2.28. The number of ether oxygens (including phenoxy) is 1. The zero-order valence-corrected chi connectivity index (χ0v) is 14.6. The van der Waals surface area contributed by atoms with Crippen molar-refractivity contribution in [2.75, 3.05) is 37.4 Å². The molecule has 1 aliphatic heterocycles. The maximum absolute atomic E-state index is 12.4. The van der Waals surface area contributed by atoms with Crippen molar-refractivity contribution in [2.24, 2.45) is 0 Å².